The van der Waals surface area contributed by atoms with E-state index in [1.807, 2.05) is 60.7 Å². The third-order valence-corrected chi connectivity index (χ3v) is 13.7. The van der Waals surface area contributed by atoms with E-state index < -0.39 is 15.5 Å². The smallest absolute Gasteiger partial charge is 0.191 e. The fourth-order valence-corrected chi connectivity index (χ4v) is 6.96. The average Bonchev–Trinajstić information content (AvgIpc) is 2.67. The molecule has 28 heavy (non-hydrogen) atoms. The Labute approximate surface area is 173 Å². The Morgan fingerprint density at radius 1 is 0.786 bits per heavy atom. The molecule has 0 N–H and O–H groups in total. The lowest BCUT2D eigenvalue weighted by Gasteiger charge is -2.36. The highest BCUT2D eigenvalue weighted by Gasteiger charge is 2.36. The first-order valence-corrected chi connectivity index (χ1v) is 15.3. The highest BCUT2D eigenvalue weighted by Crippen LogP contribution is 2.44. The van der Waals surface area contributed by atoms with E-state index in [0.717, 1.165) is 49.1 Å². The minimum absolute atomic E-state index is 0.269. The van der Waals surface area contributed by atoms with E-state index in [4.69, 9.17) is 4.43 Å². The zero-order chi connectivity index (χ0) is 20.7. The van der Waals surface area contributed by atoms with Crippen LogP contribution in [0.15, 0.2) is 60.7 Å². The standard InChI is InChI=1S/C24H37O2PSi/c1-24(2,3)28(4,5)26-20-14-6-7-15-21-27(25,22-16-10-8-11-17-22)23-18-12-9-13-19-23/h8-13,16-19H,6-7,14-15,20-21H2,1-5H3. The summed E-state index contributed by atoms with van der Waals surface area (Å²) in [4.78, 5) is 0. The molecule has 0 fully saturated rings. The molecule has 0 bridgehead atoms. The van der Waals surface area contributed by atoms with E-state index in [2.05, 4.69) is 33.9 Å². The molecule has 0 aromatic heterocycles. The second-order valence-electron chi connectivity index (χ2n) is 9.16. The van der Waals surface area contributed by atoms with Crippen LogP contribution in [0.5, 0.6) is 0 Å². The first-order chi connectivity index (χ1) is 13.2. The van der Waals surface area contributed by atoms with Crippen molar-refractivity contribution in [2.75, 3.05) is 12.8 Å². The summed E-state index contributed by atoms with van der Waals surface area (Å²) in [6, 6.07) is 20.0. The van der Waals surface area contributed by atoms with E-state index in [9.17, 15) is 4.57 Å². The maximum atomic E-state index is 13.9. The molecule has 2 aromatic carbocycles. The molecule has 0 saturated carbocycles. The molecule has 0 spiro atoms. The molecule has 0 amide bonds. The Morgan fingerprint density at radius 3 is 1.71 bits per heavy atom. The summed E-state index contributed by atoms with van der Waals surface area (Å²) in [6.07, 6.45) is 5.06. The summed E-state index contributed by atoms with van der Waals surface area (Å²) in [7, 11) is -4.19. The Bertz CT molecular complexity index is 708. The van der Waals surface area contributed by atoms with Crippen LogP contribution in [0.2, 0.25) is 18.1 Å². The number of unbranched alkanes of at least 4 members (excludes halogenated alkanes) is 3. The van der Waals surface area contributed by atoms with E-state index in [1.165, 1.54) is 0 Å². The Morgan fingerprint density at radius 2 is 1.25 bits per heavy atom. The van der Waals surface area contributed by atoms with Gasteiger partial charge in [-0.05, 0) is 31.0 Å². The maximum absolute atomic E-state index is 13.9. The third-order valence-electron chi connectivity index (χ3n) is 5.98. The van der Waals surface area contributed by atoms with Crippen LogP contribution in [0, 0.1) is 0 Å². The molecule has 154 valence electrons. The van der Waals surface area contributed by atoms with Gasteiger partial charge in [-0.25, -0.2) is 0 Å². The highest BCUT2D eigenvalue weighted by atomic mass is 31.2. The number of hydrogen-bond donors (Lipinski definition) is 0. The SMILES string of the molecule is CC(C)(C)[Si](C)(C)OCCCCCCP(=O)(c1ccccc1)c1ccccc1. The van der Waals surface area contributed by atoms with Crippen molar-refractivity contribution in [2.24, 2.45) is 0 Å². The Balaban J connectivity index is 1.86. The average molecular weight is 417 g/mol. The van der Waals surface area contributed by atoms with Gasteiger partial charge in [0.2, 0.25) is 0 Å². The summed E-state index contributed by atoms with van der Waals surface area (Å²) in [5.74, 6) is 0. The van der Waals surface area contributed by atoms with Crippen molar-refractivity contribution in [3.63, 3.8) is 0 Å². The highest BCUT2D eigenvalue weighted by molar-refractivity contribution is 7.78. The van der Waals surface area contributed by atoms with Gasteiger partial charge in [0.15, 0.2) is 8.32 Å². The van der Waals surface area contributed by atoms with E-state index in [1.54, 1.807) is 0 Å². The van der Waals surface area contributed by atoms with Gasteiger partial charge in [0.1, 0.15) is 7.14 Å². The molecule has 0 atom stereocenters. The van der Waals surface area contributed by atoms with Gasteiger partial charge in [-0.1, -0.05) is 94.3 Å². The van der Waals surface area contributed by atoms with Crippen molar-refractivity contribution in [3.05, 3.63) is 60.7 Å². The number of rotatable bonds is 10. The molecule has 0 aliphatic heterocycles. The molecule has 0 saturated heterocycles. The second kappa shape index (κ2) is 10.0. The third kappa shape index (κ3) is 6.17. The zero-order valence-corrected chi connectivity index (χ0v) is 20.2. The summed E-state index contributed by atoms with van der Waals surface area (Å²) < 4.78 is 20.2. The van der Waals surface area contributed by atoms with Crippen LogP contribution in [-0.4, -0.2) is 21.1 Å². The first kappa shape index (κ1) is 23.1. The van der Waals surface area contributed by atoms with Gasteiger partial charge < -0.3 is 8.99 Å². The predicted octanol–water partition coefficient (Wildman–Crippen LogP) is 6.58. The predicted molar refractivity (Wildman–Crippen MR) is 126 cm³/mol. The lowest BCUT2D eigenvalue weighted by atomic mass is 10.2. The van der Waals surface area contributed by atoms with Crippen LogP contribution in [-0.2, 0) is 8.99 Å². The number of benzene rings is 2. The molecule has 2 nitrogen and oxygen atoms in total. The normalized spacial score (nSPS) is 12.9. The molecule has 0 radical (unpaired) electrons. The molecule has 0 unspecified atom stereocenters. The van der Waals surface area contributed by atoms with Gasteiger partial charge in [-0.2, -0.15) is 0 Å². The van der Waals surface area contributed by atoms with Gasteiger partial charge >= 0.3 is 0 Å². The molecule has 4 heteroatoms. The van der Waals surface area contributed by atoms with Crippen molar-refractivity contribution in [1.82, 2.24) is 0 Å². The monoisotopic (exact) mass is 416 g/mol. The molecule has 0 aliphatic carbocycles. The van der Waals surface area contributed by atoms with Crippen molar-refractivity contribution in [3.8, 4) is 0 Å². The van der Waals surface area contributed by atoms with Crippen molar-refractivity contribution in [2.45, 2.75) is 64.6 Å². The quantitative estimate of drug-likeness (QED) is 0.248. The van der Waals surface area contributed by atoms with Gasteiger partial charge in [0, 0.05) is 23.4 Å². The van der Waals surface area contributed by atoms with E-state index >= 15 is 0 Å². The van der Waals surface area contributed by atoms with Gasteiger partial charge in [-0.15, -0.1) is 0 Å². The summed E-state index contributed by atoms with van der Waals surface area (Å²) in [5.41, 5.74) is 0. The first-order valence-electron chi connectivity index (χ1n) is 10.5. The van der Waals surface area contributed by atoms with Crippen LogP contribution in [0.25, 0.3) is 0 Å². The largest absolute Gasteiger partial charge is 0.417 e. The van der Waals surface area contributed by atoms with Crippen LogP contribution in [0.3, 0.4) is 0 Å². The summed E-state index contributed by atoms with van der Waals surface area (Å²) in [5, 5.41) is 2.22. The Hall–Kier alpha value is -1.15. The maximum Gasteiger partial charge on any atom is 0.191 e. The lowest BCUT2D eigenvalue weighted by Crippen LogP contribution is -2.40. The van der Waals surface area contributed by atoms with Crippen LogP contribution >= 0.6 is 7.14 Å². The zero-order valence-electron chi connectivity index (χ0n) is 18.3. The fourth-order valence-electron chi connectivity index (χ4n) is 3.08. The minimum atomic E-state index is -2.55. The van der Waals surface area contributed by atoms with Crippen LogP contribution in [0.1, 0.15) is 46.5 Å². The topological polar surface area (TPSA) is 26.3 Å². The van der Waals surface area contributed by atoms with Gasteiger partial charge in [0.25, 0.3) is 0 Å². The summed E-state index contributed by atoms with van der Waals surface area (Å²) >= 11 is 0. The number of hydrogen-bond acceptors (Lipinski definition) is 2. The lowest BCUT2D eigenvalue weighted by molar-refractivity contribution is 0.278. The van der Waals surface area contributed by atoms with Crippen molar-refractivity contribution >= 4 is 26.1 Å². The Kier molecular flexibility index (Phi) is 8.30. The van der Waals surface area contributed by atoms with Crippen LogP contribution in [0.4, 0.5) is 0 Å². The molecule has 0 aliphatic rings. The molecular weight excluding hydrogens is 379 g/mol. The fraction of sp³-hybridized carbons (Fsp3) is 0.500. The van der Waals surface area contributed by atoms with Gasteiger partial charge in [0.05, 0.1) is 0 Å². The molecule has 2 aromatic rings. The van der Waals surface area contributed by atoms with Crippen LogP contribution < -0.4 is 10.6 Å². The van der Waals surface area contributed by atoms with E-state index in [0.29, 0.717) is 0 Å². The molecule has 0 heterocycles. The molecule has 2 rings (SSSR count). The molecular formula is C24H37O2PSi. The van der Waals surface area contributed by atoms with Crippen molar-refractivity contribution < 1.29 is 8.99 Å². The van der Waals surface area contributed by atoms with Gasteiger partial charge in [-0.3, -0.25) is 0 Å². The minimum Gasteiger partial charge on any atom is -0.417 e. The van der Waals surface area contributed by atoms with Crippen molar-refractivity contribution in [1.29, 1.82) is 0 Å². The van der Waals surface area contributed by atoms with E-state index in [-0.39, 0.29) is 5.04 Å². The second-order valence-corrected chi connectivity index (χ2v) is 16.9. The summed E-state index contributed by atoms with van der Waals surface area (Å²) in [6.45, 7) is 12.3.